The van der Waals surface area contributed by atoms with E-state index < -0.39 is 11.6 Å². The third kappa shape index (κ3) is 3.36. The van der Waals surface area contributed by atoms with Crippen LogP contribution in [-0.4, -0.2) is 30.0 Å². The van der Waals surface area contributed by atoms with Crippen molar-refractivity contribution in [3.8, 4) is 0 Å². The normalized spacial score (nSPS) is 17.1. The van der Waals surface area contributed by atoms with E-state index in [1.54, 1.807) is 17.4 Å². The van der Waals surface area contributed by atoms with E-state index in [-0.39, 0.29) is 0 Å². The summed E-state index contributed by atoms with van der Waals surface area (Å²) in [5, 5.41) is 0.984. The number of hydrogen-bond acceptors (Lipinski definition) is 3. The SMILES string of the molecule is Cc1nc(Cc2ccc(F)c(F)c2)sc1C1CCN(C)CC1. The zero-order valence-corrected chi connectivity index (χ0v) is 13.7. The molecular weight excluding hydrogens is 302 g/mol. The lowest BCUT2D eigenvalue weighted by atomic mass is 9.95. The average molecular weight is 322 g/mol. The lowest BCUT2D eigenvalue weighted by Crippen LogP contribution is -2.29. The van der Waals surface area contributed by atoms with E-state index in [0.717, 1.165) is 29.4 Å². The number of nitrogens with zero attached hydrogens (tertiary/aromatic N) is 2. The van der Waals surface area contributed by atoms with Crippen LogP contribution in [0.5, 0.6) is 0 Å². The van der Waals surface area contributed by atoms with Crippen molar-refractivity contribution in [3.63, 3.8) is 0 Å². The fourth-order valence-corrected chi connectivity index (χ4v) is 4.29. The molecule has 5 heteroatoms. The maximum absolute atomic E-state index is 13.3. The summed E-state index contributed by atoms with van der Waals surface area (Å²) < 4.78 is 26.3. The van der Waals surface area contributed by atoms with Crippen molar-refractivity contribution in [1.29, 1.82) is 0 Å². The highest BCUT2D eigenvalue weighted by Crippen LogP contribution is 2.34. The van der Waals surface area contributed by atoms with E-state index >= 15 is 0 Å². The molecule has 3 rings (SSSR count). The molecule has 22 heavy (non-hydrogen) atoms. The number of likely N-dealkylation sites (tertiary alicyclic amines) is 1. The van der Waals surface area contributed by atoms with E-state index in [4.69, 9.17) is 0 Å². The maximum Gasteiger partial charge on any atom is 0.159 e. The summed E-state index contributed by atoms with van der Waals surface area (Å²) in [4.78, 5) is 8.36. The van der Waals surface area contributed by atoms with Gasteiger partial charge in [-0.15, -0.1) is 11.3 Å². The van der Waals surface area contributed by atoms with Gasteiger partial charge in [0.25, 0.3) is 0 Å². The van der Waals surface area contributed by atoms with Gasteiger partial charge in [0.2, 0.25) is 0 Å². The second kappa shape index (κ2) is 6.42. The molecule has 1 aromatic heterocycles. The van der Waals surface area contributed by atoms with E-state index in [2.05, 4.69) is 23.9 Å². The number of piperidine rings is 1. The van der Waals surface area contributed by atoms with Gasteiger partial charge in [-0.2, -0.15) is 0 Å². The molecule has 1 aromatic carbocycles. The summed E-state index contributed by atoms with van der Waals surface area (Å²) in [7, 11) is 2.16. The van der Waals surface area contributed by atoms with Gasteiger partial charge in [-0.05, 0) is 63.5 Å². The van der Waals surface area contributed by atoms with Crippen LogP contribution >= 0.6 is 11.3 Å². The van der Waals surface area contributed by atoms with Crippen LogP contribution in [0, 0.1) is 18.6 Å². The second-order valence-corrected chi connectivity index (χ2v) is 7.18. The molecule has 1 aliphatic rings. The summed E-state index contributed by atoms with van der Waals surface area (Å²) in [6.07, 6.45) is 2.91. The number of rotatable bonds is 3. The smallest absolute Gasteiger partial charge is 0.159 e. The van der Waals surface area contributed by atoms with Gasteiger partial charge in [0.05, 0.1) is 10.7 Å². The van der Waals surface area contributed by atoms with E-state index in [0.29, 0.717) is 12.3 Å². The average Bonchev–Trinajstić information content (AvgIpc) is 2.84. The first-order valence-corrected chi connectivity index (χ1v) is 8.43. The fourth-order valence-electron chi connectivity index (χ4n) is 3.02. The third-order valence-electron chi connectivity index (χ3n) is 4.31. The molecule has 0 spiro atoms. The Labute approximate surface area is 133 Å². The fraction of sp³-hybridized carbons (Fsp3) is 0.471. The Morgan fingerprint density at radius 2 is 1.95 bits per heavy atom. The highest BCUT2D eigenvalue weighted by molar-refractivity contribution is 7.11. The predicted molar refractivity (Wildman–Crippen MR) is 85.5 cm³/mol. The van der Waals surface area contributed by atoms with Gasteiger partial charge in [0.15, 0.2) is 11.6 Å². The highest BCUT2D eigenvalue weighted by Gasteiger charge is 2.22. The number of hydrogen-bond donors (Lipinski definition) is 0. The first-order chi connectivity index (χ1) is 10.5. The number of aromatic nitrogens is 1. The molecule has 2 aromatic rings. The van der Waals surface area contributed by atoms with Gasteiger partial charge in [0, 0.05) is 11.3 Å². The number of aryl methyl sites for hydroxylation is 1. The lowest BCUT2D eigenvalue weighted by Gasteiger charge is -2.28. The van der Waals surface area contributed by atoms with Crippen molar-refractivity contribution in [2.24, 2.45) is 0 Å². The van der Waals surface area contributed by atoms with Crippen LogP contribution in [0.4, 0.5) is 8.78 Å². The van der Waals surface area contributed by atoms with Crippen LogP contribution in [0.15, 0.2) is 18.2 Å². The minimum absolute atomic E-state index is 0.565. The van der Waals surface area contributed by atoms with E-state index in [9.17, 15) is 8.78 Å². The predicted octanol–water partition coefficient (Wildman–Crippen LogP) is 4.13. The Morgan fingerprint density at radius 1 is 1.23 bits per heavy atom. The zero-order valence-electron chi connectivity index (χ0n) is 12.9. The molecular formula is C17H20F2N2S. The molecule has 1 fully saturated rings. The maximum atomic E-state index is 13.3. The largest absolute Gasteiger partial charge is 0.306 e. The van der Waals surface area contributed by atoms with Gasteiger partial charge in [0.1, 0.15) is 0 Å². The number of benzene rings is 1. The summed E-state index contributed by atoms with van der Waals surface area (Å²) in [6, 6.07) is 4.08. The van der Waals surface area contributed by atoms with Gasteiger partial charge < -0.3 is 4.90 Å². The molecule has 0 radical (unpaired) electrons. The number of halogens is 2. The first kappa shape index (κ1) is 15.6. The van der Waals surface area contributed by atoms with Crippen molar-refractivity contribution in [3.05, 3.63) is 51.0 Å². The van der Waals surface area contributed by atoms with Crippen LogP contribution in [0.1, 0.15) is 39.9 Å². The van der Waals surface area contributed by atoms with Gasteiger partial charge in [-0.25, -0.2) is 13.8 Å². The Bertz CT molecular complexity index is 661. The summed E-state index contributed by atoms with van der Waals surface area (Å²) in [5.41, 5.74) is 1.86. The topological polar surface area (TPSA) is 16.1 Å². The standard InChI is InChI=1S/C17H20F2N2S/c1-11-17(13-5-7-21(2)8-6-13)22-16(20-11)10-12-3-4-14(18)15(19)9-12/h3-4,9,13H,5-8,10H2,1-2H3. The molecule has 0 amide bonds. The van der Waals surface area contributed by atoms with Crippen molar-refractivity contribution in [2.45, 2.75) is 32.1 Å². The Hall–Kier alpha value is -1.33. The van der Waals surface area contributed by atoms with Crippen LogP contribution < -0.4 is 0 Å². The van der Waals surface area contributed by atoms with Crippen LogP contribution in [0.3, 0.4) is 0 Å². The zero-order chi connectivity index (χ0) is 15.7. The van der Waals surface area contributed by atoms with Crippen LogP contribution in [0.25, 0.3) is 0 Å². The van der Waals surface area contributed by atoms with Crippen molar-refractivity contribution >= 4 is 11.3 Å². The molecule has 0 aliphatic carbocycles. The molecule has 1 saturated heterocycles. The molecule has 0 bridgehead atoms. The molecule has 0 N–H and O–H groups in total. The Balaban J connectivity index is 1.75. The van der Waals surface area contributed by atoms with Gasteiger partial charge in [-0.1, -0.05) is 6.07 Å². The Kier molecular flexibility index (Phi) is 4.54. The minimum Gasteiger partial charge on any atom is -0.306 e. The van der Waals surface area contributed by atoms with Crippen LogP contribution in [-0.2, 0) is 6.42 Å². The van der Waals surface area contributed by atoms with Crippen LogP contribution in [0.2, 0.25) is 0 Å². The van der Waals surface area contributed by atoms with E-state index in [1.165, 1.54) is 29.9 Å². The molecule has 2 heterocycles. The minimum atomic E-state index is -0.800. The molecule has 0 atom stereocenters. The number of thiazole rings is 1. The van der Waals surface area contributed by atoms with Gasteiger partial charge in [-0.3, -0.25) is 0 Å². The summed E-state index contributed by atoms with van der Waals surface area (Å²) in [5.74, 6) is -1.00. The summed E-state index contributed by atoms with van der Waals surface area (Å²) >= 11 is 1.73. The van der Waals surface area contributed by atoms with Crippen molar-refractivity contribution < 1.29 is 8.78 Å². The molecule has 0 saturated carbocycles. The van der Waals surface area contributed by atoms with Gasteiger partial charge >= 0.3 is 0 Å². The molecule has 118 valence electrons. The van der Waals surface area contributed by atoms with Crippen molar-refractivity contribution in [1.82, 2.24) is 9.88 Å². The first-order valence-electron chi connectivity index (χ1n) is 7.61. The lowest BCUT2D eigenvalue weighted by molar-refractivity contribution is 0.256. The van der Waals surface area contributed by atoms with E-state index in [1.807, 2.05) is 0 Å². The summed E-state index contributed by atoms with van der Waals surface area (Å²) in [6.45, 7) is 4.31. The highest BCUT2D eigenvalue weighted by atomic mass is 32.1. The monoisotopic (exact) mass is 322 g/mol. The second-order valence-electron chi connectivity index (χ2n) is 6.06. The third-order valence-corrected chi connectivity index (χ3v) is 5.63. The quantitative estimate of drug-likeness (QED) is 0.845. The molecule has 1 aliphatic heterocycles. The molecule has 2 nitrogen and oxygen atoms in total. The van der Waals surface area contributed by atoms with Crippen molar-refractivity contribution in [2.75, 3.05) is 20.1 Å². The molecule has 0 unspecified atom stereocenters. The Morgan fingerprint density at radius 3 is 2.64 bits per heavy atom.